The molecule has 0 aliphatic carbocycles. The Labute approximate surface area is 240 Å². The number of methoxy groups -OCH3 is 1. The molecule has 1 aliphatic heterocycles. The summed E-state index contributed by atoms with van der Waals surface area (Å²) >= 11 is 0. The average molecular weight is 565 g/mol. The Morgan fingerprint density at radius 2 is 1.51 bits per heavy atom. The van der Waals surface area contributed by atoms with Gasteiger partial charge in [-0.05, 0) is 54.1 Å². The van der Waals surface area contributed by atoms with Crippen LogP contribution in [0.2, 0.25) is 0 Å². The molecule has 2 amide bonds. The van der Waals surface area contributed by atoms with Gasteiger partial charge in [0.15, 0.2) is 0 Å². The Hall–Kier alpha value is -3.83. The number of benzene rings is 3. The fraction of sp³-hybridized carbons (Fsp3) is 0.355. The van der Waals surface area contributed by atoms with Crippen LogP contribution in [0.4, 0.5) is 10.1 Å². The van der Waals surface area contributed by atoms with Crippen LogP contribution in [-0.2, 0) is 25.7 Å². The number of nitrogens with zero attached hydrogens (tertiary/aromatic N) is 2. The highest BCUT2D eigenvalue weighted by Crippen LogP contribution is 2.23. The van der Waals surface area contributed by atoms with Crippen LogP contribution >= 0.6 is 0 Å². The molecule has 3 aromatic rings. The number of hydrogen-bond donors (Lipinski definition) is 2. The predicted octanol–water partition coefficient (Wildman–Crippen LogP) is 3.52. The largest absolute Gasteiger partial charge is 0.457 e. The fourth-order valence-electron chi connectivity index (χ4n) is 4.36. The summed E-state index contributed by atoms with van der Waals surface area (Å²) in [4.78, 5) is 30.6. The van der Waals surface area contributed by atoms with Gasteiger partial charge in [0.25, 0.3) is 0 Å². The highest BCUT2D eigenvalue weighted by molar-refractivity contribution is 5.97. The van der Waals surface area contributed by atoms with E-state index in [0.29, 0.717) is 30.4 Å². The van der Waals surface area contributed by atoms with Crippen LogP contribution in [0.25, 0.3) is 0 Å². The molecule has 2 N–H and O–H groups in total. The fourth-order valence-corrected chi connectivity index (χ4v) is 4.36. The van der Waals surface area contributed by atoms with Crippen molar-refractivity contribution in [1.29, 1.82) is 0 Å². The van der Waals surface area contributed by atoms with E-state index in [0.717, 1.165) is 38.3 Å². The van der Waals surface area contributed by atoms with Gasteiger partial charge in [-0.3, -0.25) is 19.4 Å². The third-order valence-corrected chi connectivity index (χ3v) is 6.66. The lowest BCUT2D eigenvalue weighted by Crippen LogP contribution is -2.53. The number of piperazine rings is 1. The topological polar surface area (TPSA) is 92.4 Å². The molecular weight excluding hydrogens is 527 g/mol. The molecule has 0 aromatic heterocycles. The monoisotopic (exact) mass is 564 g/mol. The molecule has 41 heavy (non-hydrogen) atoms. The smallest absolute Gasteiger partial charge is 0.249 e. The van der Waals surface area contributed by atoms with Gasteiger partial charge < -0.3 is 24.8 Å². The van der Waals surface area contributed by atoms with Crippen molar-refractivity contribution in [3.05, 3.63) is 90.2 Å². The van der Waals surface area contributed by atoms with Crippen LogP contribution in [-0.4, -0.2) is 87.2 Å². The Balaban J connectivity index is 1.32. The molecule has 1 heterocycles. The molecular formula is C31H37FN4O5. The molecule has 4 rings (SSSR count). The van der Waals surface area contributed by atoms with E-state index in [2.05, 4.69) is 20.4 Å². The molecule has 9 nitrogen and oxygen atoms in total. The number of ether oxygens (including phenoxy) is 3. The maximum Gasteiger partial charge on any atom is 0.249 e. The highest BCUT2D eigenvalue weighted by Gasteiger charge is 2.24. The van der Waals surface area contributed by atoms with Crippen molar-refractivity contribution in [2.24, 2.45) is 0 Å². The molecule has 1 fully saturated rings. The number of carbonyl (C=O) groups excluding carboxylic acids is 2. The maximum absolute atomic E-state index is 13.2. The molecule has 1 aliphatic rings. The number of rotatable bonds is 14. The number of nitrogens with one attached hydrogen (secondary N) is 2. The first kappa shape index (κ1) is 30.1. The van der Waals surface area contributed by atoms with Gasteiger partial charge in [0.1, 0.15) is 23.4 Å². The van der Waals surface area contributed by atoms with E-state index >= 15 is 0 Å². The number of halogens is 1. The van der Waals surface area contributed by atoms with E-state index in [4.69, 9.17) is 14.2 Å². The van der Waals surface area contributed by atoms with Crippen molar-refractivity contribution in [3.63, 3.8) is 0 Å². The van der Waals surface area contributed by atoms with Gasteiger partial charge in [-0.15, -0.1) is 0 Å². The molecule has 10 heteroatoms. The zero-order chi connectivity index (χ0) is 28.9. The van der Waals surface area contributed by atoms with Crippen LogP contribution < -0.4 is 15.4 Å². The van der Waals surface area contributed by atoms with Crippen LogP contribution in [0.5, 0.6) is 11.5 Å². The molecule has 0 bridgehead atoms. The minimum atomic E-state index is -0.885. The number of hydrogen-bond acceptors (Lipinski definition) is 7. The predicted molar refractivity (Wildman–Crippen MR) is 154 cm³/mol. The Bertz CT molecular complexity index is 1220. The first-order valence-corrected chi connectivity index (χ1v) is 13.7. The lowest BCUT2D eigenvalue weighted by Gasteiger charge is -2.34. The van der Waals surface area contributed by atoms with Crippen molar-refractivity contribution in [2.75, 3.05) is 64.9 Å². The maximum atomic E-state index is 13.2. The van der Waals surface area contributed by atoms with Gasteiger partial charge in [-0.25, -0.2) is 4.39 Å². The summed E-state index contributed by atoms with van der Waals surface area (Å²) in [5, 5.41) is 5.71. The van der Waals surface area contributed by atoms with Gasteiger partial charge in [-0.2, -0.15) is 0 Å². The second kappa shape index (κ2) is 15.8. The second-order valence-corrected chi connectivity index (χ2v) is 9.80. The summed E-state index contributed by atoms with van der Waals surface area (Å²) in [5.41, 5.74) is 1.51. The SMILES string of the molecule is COCCN1CCN(CC(=O)N[C@@H](COCc2ccccc2)C(=O)Nc2ccc(Oc3ccc(F)cc3)cc2)CC1. The van der Waals surface area contributed by atoms with Crippen molar-refractivity contribution >= 4 is 17.5 Å². The van der Waals surface area contributed by atoms with Gasteiger partial charge in [0.05, 0.1) is 26.4 Å². The summed E-state index contributed by atoms with van der Waals surface area (Å²) in [6.45, 7) is 5.36. The van der Waals surface area contributed by atoms with Crippen molar-refractivity contribution < 1.29 is 28.2 Å². The van der Waals surface area contributed by atoms with Crippen LogP contribution in [0.3, 0.4) is 0 Å². The quantitative estimate of drug-likeness (QED) is 0.310. The van der Waals surface area contributed by atoms with Crippen LogP contribution in [0.1, 0.15) is 5.56 Å². The molecule has 218 valence electrons. The van der Waals surface area contributed by atoms with E-state index in [1.165, 1.54) is 24.3 Å². The van der Waals surface area contributed by atoms with Gasteiger partial charge >= 0.3 is 0 Å². The number of carbonyl (C=O) groups is 2. The van der Waals surface area contributed by atoms with E-state index < -0.39 is 6.04 Å². The summed E-state index contributed by atoms with van der Waals surface area (Å²) in [5.74, 6) is 0.0704. The lowest BCUT2D eigenvalue weighted by atomic mass is 10.2. The summed E-state index contributed by atoms with van der Waals surface area (Å²) < 4.78 is 29.8. The summed E-state index contributed by atoms with van der Waals surface area (Å²) in [6, 6.07) is 21.3. The third kappa shape index (κ3) is 10.3. The van der Waals surface area contributed by atoms with Crippen molar-refractivity contribution in [1.82, 2.24) is 15.1 Å². The van der Waals surface area contributed by atoms with E-state index in [1.54, 1.807) is 31.4 Å². The van der Waals surface area contributed by atoms with Gasteiger partial charge in [0, 0.05) is 45.5 Å². The van der Waals surface area contributed by atoms with Gasteiger partial charge in [0.2, 0.25) is 11.8 Å². The Morgan fingerprint density at radius 3 is 2.17 bits per heavy atom. The molecule has 0 radical (unpaired) electrons. The molecule has 3 aromatic carbocycles. The zero-order valence-corrected chi connectivity index (χ0v) is 23.3. The molecule has 0 spiro atoms. The molecule has 0 saturated carbocycles. The number of anilines is 1. The van der Waals surface area contributed by atoms with Crippen molar-refractivity contribution in [2.45, 2.75) is 12.6 Å². The highest BCUT2D eigenvalue weighted by atomic mass is 19.1. The first-order valence-electron chi connectivity index (χ1n) is 13.7. The Kier molecular flexibility index (Phi) is 11.6. The third-order valence-electron chi connectivity index (χ3n) is 6.66. The average Bonchev–Trinajstić information content (AvgIpc) is 2.99. The molecule has 1 saturated heterocycles. The van der Waals surface area contributed by atoms with Crippen molar-refractivity contribution in [3.8, 4) is 11.5 Å². The summed E-state index contributed by atoms with van der Waals surface area (Å²) in [7, 11) is 1.69. The Morgan fingerprint density at radius 1 is 0.878 bits per heavy atom. The van der Waals surface area contributed by atoms with E-state index in [9.17, 15) is 14.0 Å². The lowest BCUT2D eigenvalue weighted by molar-refractivity contribution is -0.129. The van der Waals surface area contributed by atoms with Crippen LogP contribution in [0.15, 0.2) is 78.9 Å². The van der Waals surface area contributed by atoms with Gasteiger partial charge in [-0.1, -0.05) is 30.3 Å². The summed E-state index contributed by atoms with van der Waals surface area (Å²) in [6.07, 6.45) is 0. The molecule has 1 atom stereocenters. The van der Waals surface area contributed by atoms with E-state index in [1.807, 2.05) is 30.3 Å². The second-order valence-electron chi connectivity index (χ2n) is 9.80. The minimum absolute atomic E-state index is 0.0169. The van der Waals surface area contributed by atoms with E-state index in [-0.39, 0.29) is 30.8 Å². The zero-order valence-electron chi connectivity index (χ0n) is 23.3. The first-order chi connectivity index (χ1) is 20.0. The minimum Gasteiger partial charge on any atom is -0.457 e. The number of amides is 2. The van der Waals surface area contributed by atoms with Crippen LogP contribution in [0, 0.1) is 5.82 Å². The standard InChI is InChI=1S/C31H37FN4O5/c1-39-20-19-35-15-17-36(18-16-35)21-30(37)34-29(23-40-22-24-5-3-2-4-6-24)31(38)33-26-9-13-28(14-10-26)41-27-11-7-25(32)8-12-27/h2-14,29H,15-23H2,1H3,(H,33,38)(H,34,37)/t29-/m0/s1. The molecule has 0 unspecified atom stereocenters. The normalized spacial score (nSPS) is 14.8.